The number of alkyl halides is 3. The van der Waals surface area contributed by atoms with Crippen LogP contribution < -0.4 is 5.32 Å². The van der Waals surface area contributed by atoms with Crippen LogP contribution in [0.1, 0.15) is 24.6 Å². The van der Waals surface area contributed by atoms with E-state index in [2.05, 4.69) is 10.4 Å². The number of rotatable bonds is 5. The Balaban J connectivity index is 2.12. The summed E-state index contributed by atoms with van der Waals surface area (Å²) in [6, 6.07) is 5.63. The molecule has 3 nitrogen and oxygen atoms in total. The summed E-state index contributed by atoms with van der Waals surface area (Å²) in [5, 5.41) is 6.83. The average Bonchev–Trinajstić information content (AvgIpc) is 2.84. The molecule has 21 heavy (non-hydrogen) atoms. The molecule has 0 bridgehead atoms. The van der Waals surface area contributed by atoms with Crippen LogP contribution in [0.4, 0.5) is 18.9 Å². The van der Waals surface area contributed by atoms with Crippen molar-refractivity contribution >= 4 is 17.3 Å². The molecular weight excluding hydrogens is 303 g/mol. The van der Waals surface area contributed by atoms with Crippen LogP contribution >= 0.6 is 11.6 Å². The molecule has 1 aromatic carbocycles. The summed E-state index contributed by atoms with van der Waals surface area (Å²) in [6.45, 7) is 3.21. The first kappa shape index (κ1) is 15.7. The Hall–Kier alpha value is -1.69. The molecule has 1 heterocycles. The highest BCUT2D eigenvalue weighted by Gasteiger charge is 2.33. The lowest BCUT2D eigenvalue weighted by Crippen LogP contribution is -2.10. The van der Waals surface area contributed by atoms with Crippen molar-refractivity contribution in [1.82, 2.24) is 9.78 Å². The second-order valence-corrected chi connectivity index (χ2v) is 5.00. The lowest BCUT2D eigenvalue weighted by atomic mass is 10.2. The Morgan fingerprint density at radius 1 is 1.29 bits per heavy atom. The second-order valence-electron chi connectivity index (χ2n) is 4.59. The molecule has 114 valence electrons. The van der Waals surface area contributed by atoms with Crippen molar-refractivity contribution in [3.63, 3.8) is 0 Å². The van der Waals surface area contributed by atoms with Gasteiger partial charge in [0.25, 0.3) is 0 Å². The van der Waals surface area contributed by atoms with Crippen LogP contribution in [0.2, 0.25) is 5.02 Å². The Kier molecular flexibility index (Phi) is 4.77. The lowest BCUT2D eigenvalue weighted by molar-refractivity contribution is -0.137. The molecule has 0 aliphatic carbocycles. The fraction of sp³-hybridized carbons (Fsp3) is 0.357. The Morgan fingerprint density at radius 3 is 2.71 bits per heavy atom. The standard InChI is InChI=1S/C14H15ClF3N3/c1-2-7-21-11(5-6-20-21)9-19-10-3-4-13(15)12(8-10)14(16,17)18/h3-6,8,19H,2,7,9H2,1H3. The molecule has 2 aromatic rings. The normalized spacial score (nSPS) is 11.7. The molecule has 0 saturated heterocycles. The van der Waals surface area contributed by atoms with Gasteiger partial charge >= 0.3 is 6.18 Å². The molecule has 0 unspecified atom stereocenters. The number of aromatic nitrogens is 2. The summed E-state index contributed by atoms with van der Waals surface area (Å²) >= 11 is 5.59. The van der Waals surface area contributed by atoms with Gasteiger partial charge in [-0.1, -0.05) is 18.5 Å². The van der Waals surface area contributed by atoms with Crippen LogP contribution in [-0.2, 0) is 19.3 Å². The van der Waals surface area contributed by atoms with E-state index in [4.69, 9.17) is 11.6 Å². The Labute approximate surface area is 125 Å². The van der Waals surface area contributed by atoms with E-state index in [1.54, 1.807) is 6.20 Å². The molecule has 0 saturated carbocycles. The molecule has 0 aliphatic heterocycles. The molecule has 0 spiro atoms. The predicted octanol–water partition coefficient (Wildman–Crippen LogP) is 4.58. The van der Waals surface area contributed by atoms with Crippen molar-refractivity contribution in [2.75, 3.05) is 5.32 Å². The maximum absolute atomic E-state index is 12.8. The van der Waals surface area contributed by atoms with Gasteiger partial charge < -0.3 is 5.32 Å². The van der Waals surface area contributed by atoms with Crippen molar-refractivity contribution < 1.29 is 13.2 Å². The van der Waals surface area contributed by atoms with Crippen LogP contribution in [0.5, 0.6) is 0 Å². The maximum atomic E-state index is 12.8. The van der Waals surface area contributed by atoms with Gasteiger partial charge in [-0.3, -0.25) is 4.68 Å². The summed E-state index contributed by atoms with van der Waals surface area (Å²) in [5.41, 5.74) is 0.451. The molecule has 0 fully saturated rings. The lowest BCUT2D eigenvalue weighted by Gasteiger charge is -2.13. The largest absolute Gasteiger partial charge is 0.417 e. The van der Waals surface area contributed by atoms with Crippen LogP contribution in [0.25, 0.3) is 0 Å². The minimum absolute atomic E-state index is 0.302. The first-order valence-electron chi connectivity index (χ1n) is 6.53. The van der Waals surface area contributed by atoms with Crippen molar-refractivity contribution in [3.8, 4) is 0 Å². The third-order valence-corrected chi connectivity index (χ3v) is 3.31. The highest BCUT2D eigenvalue weighted by atomic mass is 35.5. The number of hydrogen-bond acceptors (Lipinski definition) is 2. The number of nitrogens with one attached hydrogen (secondary N) is 1. The fourth-order valence-corrected chi connectivity index (χ4v) is 2.19. The molecule has 0 radical (unpaired) electrons. The van der Waals surface area contributed by atoms with E-state index >= 15 is 0 Å². The minimum atomic E-state index is -4.46. The van der Waals surface area contributed by atoms with Gasteiger partial charge in [0.15, 0.2) is 0 Å². The van der Waals surface area contributed by atoms with Crippen molar-refractivity contribution in [3.05, 3.63) is 46.7 Å². The topological polar surface area (TPSA) is 29.9 Å². The number of aryl methyl sites for hydroxylation is 1. The van der Waals surface area contributed by atoms with Crippen LogP contribution in [-0.4, -0.2) is 9.78 Å². The van der Waals surface area contributed by atoms with Gasteiger partial charge in [-0.2, -0.15) is 18.3 Å². The maximum Gasteiger partial charge on any atom is 0.417 e. The third-order valence-electron chi connectivity index (χ3n) is 2.99. The number of benzene rings is 1. The van der Waals surface area contributed by atoms with Gasteiger partial charge in [0.1, 0.15) is 0 Å². The molecule has 7 heteroatoms. The minimum Gasteiger partial charge on any atom is -0.379 e. The molecule has 0 amide bonds. The molecule has 2 rings (SSSR count). The van der Waals surface area contributed by atoms with Gasteiger partial charge in [0, 0.05) is 18.4 Å². The fourth-order valence-electron chi connectivity index (χ4n) is 1.97. The highest BCUT2D eigenvalue weighted by Crippen LogP contribution is 2.36. The summed E-state index contributed by atoms with van der Waals surface area (Å²) in [4.78, 5) is 0. The van der Waals surface area contributed by atoms with Crippen LogP contribution in [0.15, 0.2) is 30.5 Å². The Morgan fingerprint density at radius 2 is 2.05 bits per heavy atom. The molecule has 0 atom stereocenters. The van der Waals surface area contributed by atoms with E-state index in [1.807, 2.05) is 17.7 Å². The molecular formula is C14H15ClF3N3. The van der Waals surface area contributed by atoms with E-state index in [9.17, 15) is 13.2 Å². The van der Waals surface area contributed by atoms with E-state index in [1.165, 1.54) is 12.1 Å². The SMILES string of the molecule is CCCn1nccc1CNc1ccc(Cl)c(C(F)(F)F)c1. The average molecular weight is 318 g/mol. The van der Waals surface area contributed by atoms with Gasteiger partial charge in [0.05, 0.1) is 22.8 Å². The van der Waals surface area contributed by atoms with Gasteiger partial charge in [0.2, 0.25) is 0 Å². The summed E-state index contributed by atoms with van der Waals surface area (Å²) in [6.07, 6.45) is -1.84. The summed E-state index contributed by atoms with van der Waals surface area (Å²) < 4.78 is 40.2. The van der Waals surface area contributed by atoms with Gasteiger partial charge in [-0.25, -0.2) is 0 Å². The zero-order valence-electron chi connectivity index (χ0n) is 11.4. The van der Waals surface area contributed by atoms with E-state index in [0.717, 1.165) is 24.7 Å². The first-order valence-corrected chi connectivity index (χ1v) is 6.91. The van der Waals surface area contributed by atoms with Crippen molar-refractivity contribution in [2.24, 2.45) is 0 Å². The summed E-state index contributed by atoms with van der Waals surface area (Å²) in [7, 11) is 0. The predicted molar refractivity (Wildman–Crippen MR) is 76.3 cm³/mol. The van der Waals surface area contributed by atoms with Gasteiger partial charge in [-0.15, -0.1) is 0 Å². The molecule has 1 N–H and O–H groups in total. The van der Waals surface area contributed by atoms with Gasteiger partial charge in [-0.05, 0) is 30.7 Å². The smallest absolute Gasteiger partial charge is 0.379 e. The zero-order valence-corrected chi connectivity index (χ0v) is 12.2. The third kappa shape index (κ3) is 3.91. The van der Waals surface area contributed by atoms with E-state index < -0.39 is 11.7 Å². The number of anilines is 1. The number of hydrogen-bond donors (Lipinski definition) is 1. The van der Waals surface area contributed by atoms with Crippen molar-refractivity contribution in [1.29, 1.82) is 0 Å². The van der Waals surface area contributed by atoms with Crippen molar-refractivity contribution in [2.45, 2.75) is 32.6 Å². The van der Waals surface area contributed by atoms with Crippen LogP contribution in [0, 0.1) is 0 Å². The van der Waals surface area contributed by atoms with E-state index in [0.29, 0.717) is 12.2 Å². The quantitative estimate of drug-likeness (QED) is 0.875. The number of halogens is 4. The second kappa shape index (κ2) is 6.39. The molecule has 0 aliphatic rings. The zero-order chi connectivity index (χ0) is 15.5. The first-order chi connectivity index (χ1) is 9.91. The van der Waals surface area contributed by atoms with E-state index in [-0.39, 0.29) is 5.02 Å². The Bertz CT molecular complexity index is 608. The highest BCUT2D eigenvalue weighted by molar-refractivity contribution is 6.31. The monoisotopic (exact) mass is 317 g/mol. The summed E-state index contributed by atoms with van der Waals surface area (Å²) in [5.74, 6) is 0. The number of nitrogens with zero attached hydrogens (tertiary/aromatic N) is 2. The molecule has 1 aromatic heterocycles. The van der Waals surface area contributed by atoms with Crippen LogP contribution in [0.3, 0.4) is 0 Å².